The van der Waals surface area contributed by atoms with Crippen LogP contribution in [0.2, 0.25) is 0 Å². The number of nitrogens with zero attached hydrogens (tertiary/aromatic N) is 2. The Hall–Kier alpha value is -1.39. The third kappa shape index (κ3) is 4.05. The SMILES string of the molecule is Cc1ccc(C(=O)NCCN2CCN(C)CC2)c(C)c1. The summed E-state index contributed by atoms with van der Waals surface area (Å²) >= 11 is 0. The van der Waals surface area contributed by atoms with E-state index in [1.54, 1.807) is 0 Å². The lowest BCUT2D eigenvalue weighted by Crippen LogP contribution is -2.46. The lowest BCUT2D eigenvalue weighted by molar-refractivity contribution is 0.0940. The number of rotatable bonds is 4. The molecule has 1 fully saturated rings. The molecular formula is C16H25N3O. The van der Waals surface area contributed by atoms with Crippen molar-refractivity contribution >= 4 is 5.91 Å². The van der Waals surface area contributed by atoms with Gasteiger partial charge in [-0.2, -0.15) is 0 Å². The zero-order valence-electron chi connectivity index (χ0n) is 12.8. The van der Waals surface area contributed by atoms with Crippen molar-refractivity contribution in [2.75, 3.05) is 46.3 Å². The van der Waals surface area contributed by atoms with Crippen LogP contribution in [0.4, 0.5) is 0 Å². The normalized spacial score (nSPS) is 17.1. The fraction of sp³-hybridized carbons (Fsp3) is 0.562. The third-order valence-corrected chi connectivity index (χ3v) is 3.94. The van der Waals surface area contributed by atoms with Gasteiger partial charge in [0.2, 0.25) is 0 Å². The molecule has 1 aromatic carbocycles. The number of aryl methyl sites for hydroxylation is 2. The molecule has 1 aliphatic rings. The van der Waals surface area contributed by atoms with Crippen molar-refractivity contribution in [2.24, 2.45) is 0 Å². The van der Waals surface area contributed by atoms with E-state index in [2.05, 4.69) is 28.2 Å². The van der Waals surface area contributed by atoms with Crippen molar-refractivity contribution in [3.63, 3.8) is 0 Å². The summed E-state index contributed by atoms with van der Waals surface area (Å²) in [5.41, 5.74) is 3.02. The highest BCUT2D eigenvalue weighted by Gasteiger charge is 2.14. The van der Waals surface area contributed by atoms with Crippen molar-refractivity contribution in [3.8, 4) is 0 Å². The predicted octanol–water partition coefficient (Wildman–Crippen LogP) is 1.28. The lowest BCUT2D eigenvalue weighted by atomic mass is 10.1. The minimum Gasteiger partial charge on any atom is -0.351 e. The number of benzene rings is 1. The summed E-state index contributed by atoms with van der Waals surface area (Å²) in [6, 6.07) is 5.95. The van der Waals surface area contributed by atoms with Gasteiger partial charge >= 0.3 is 0 Å². The maximum atomic E-state index is 12.1. The summed E-state index contributed by atoms with van der Waals surface area (Å²) < 4.78 is 0. The molecule has 0 radical (unpaired) electrons. The molecule has 4 heteroatoms. The van der Waals surface area contributed by atoms with Crippen molar-refractivity contribution in [3.05, 3.63) is 34.9 Å². The van der Waals surface area contributed by atoms with Gasteiger partial charge in [-0.3, -0.25) is 9.69 Å². The second-order valence-corrected chi connectivity index (χ2v) is 5.72. The highest BCUT2D eigenvalue weighted by molar-refractivity contribution is 5.95. The number of carbonyl (C=O) groups is 1. The molecule has 110 valence electrons. The first kappa shape index (κ1) is 15.0. The smallest absolute Gasteiger partial charge is 0.251 e. The first-order valence-corrected chi connectivity index (χ1v) is 7.32. The van der Waals surface area contributed by atoms with E-state index in [-0.39, 0.29) is 5.91 Å². The monoisotopic (exact) mass is 275 g/mol. The van der Waals surface area contributed by atoms with E-state index >= 15 is 0 Å². The average Bonchev–Trinajstić information content (AvgIpc) is 2.41. The number of amides is 1. The maximum absolute atomic E-state index is 12.1. The van der Waals surface area contributed by atoms with E-state index in [9.17, 15) is 4.79 Å². The number of hydrogen-bond acceptors (Lipinski definition) is 3. The van der Waals surface area contributed by atoms with E-state index in [1.165, 1.54) is 5.56 Å². The molecular weight excluding hydrogens is 250 g/mol. The van der Waals surface area contributed by atoms with E-state index < -0.39 is 0 Å². The Balaban J connectivity index is 1.77. The fourth-order valence-corrected chi connectivity index (χ4v) is 2.56. The summed E-state index contributed by atoms with van der Waals surface area (Å²) in [6.07, 6.45) is 0. The molecule has 2 rings (SSSR count). The number of carbonyl (C=O) groups excluding carboxylic acids is 1. The van der Waals surface area contributed by atoms with Crippen molar-refractivity contribution in [1.29, 1.82) is 0 Å². The van der Waals surface area contributed by atoms with E-state index in [4.69, 9.17) is 0 Å². The van der Waals surface area contributed by atoms with Crippen LogP contribution < -0.4 is 5.32 Å². The number of hydrogen-bond donors (Lipinski definition) is 1. The third-order valence-electron chi connectivity index (χ3n) is 3.94. The Labute approximate surface area is 121 Å². The molecule has 0 aliphatic carbocycles. The molecule has 0 spiro atoms. The fourth-order valence-electron chi connectivity index (χ4n) is 2.56. The van der Waals surface area contributed by atoms with Crippen LogP contribution in [-0.2, 0) is 0 Å². The first-order chi connectivity index (χ1) is 9.56. The van der Waals surface area contributed by atoms with Crippen molar-refractivity contribution < 1.29 is 4.79 Å². The average molecular weight is 275 g/mol. The minimum absolute atomic E-state index is 0.0385. The zero-order valence-corrected chi connectivity index (χ0v) is 12.8. The highest BCUT2D eigenvalue weighted by Crippen LogP contribution is 2.10. The Morgan fingerprint density at radius 3 is 2.55 bits per heavy atom. The zero-order chi connectivity index (χ0) is 14.5. The van der Waals surface area contributed by atoms with Crippen LogP contribution in [0.1, 0.15) is 21.5 Å². The highest BCUT2D eigenvalue weighted by atomic mass is 16.1. The first-order valence-electron chi connectivity index (χ1n) is 7.32. The molecule has 0 bridgehead atoms. The molecule has 1 aromatic rings. The second kappa shape index (κ2) is 6.86. The van der Waals surface area contributed by atoms with Crippen LogP contribution in [0.15, 0.2) is 18.2 Å². The van der Waals surface area contributed by atoms with Crippen LogP contribution in [0, 0.1) is 13.8 Å². The van der Waals surface area contributed by atoms with Crippen LogP contribution >= 0.6 is 0 Å². The molecule has 1 N–H and O–H groups in total. The maximum Gasteiger partial charge on any atom is 0.251 e. The number of nitrogens with one attached hydrogen (secondary N) is 1. The van der Waals surface area contributed by atoms with Gasteiger partial charge in [0.1, 0.15) is 0 Å². The summed E-state index contributed by atoms with van der Waals surface area (Å²) in [7, 11) is 2.15. The van der Waals surface area contributed by atoms with Gasteiger partial charge < -0.3 is 10.2 Å². The van der Waals surface area contributed by atoms with Gasteiger partial charge in [0, 0.05) is 44.8 Å². The minimum atomic E-state index is 0.0385. The molecule has 0 atom stereocenters. The number of likely N-dealkylation sites (N-methyl/N-ethyl adjacent to an activating group) is 1. The largest absolute Gasteiger partial charge is 0.351 e. The topological polar surface area (TPSA) is 35.6 Å². The van der Waals surface area contributed by atoms with Crippen LogP contribution in [0.5, 0.6) is 0 Å². The summed E-state index contributed by atoms with van der Waals surface area (Å²) in [5, 5.41) is 3.02. The number of piperazine rings is 1. The predicted molar refractivity (Wildman–Crippen MR) is 82.2 cm³/mol. The van der Waals surface area contributed by atoms with Gasteiger partial charge in [-0.1, -0.05) is 17.7 Å². The molecule has 1 heterocycles. The summed E-state index contributed by atoms with van der Waals surface area (Å²) in [4.78, 5) is 16.9. The molecule has 20 heavy (non-hydrogen) atoms. The van der Waals surface area contributed by atoms with Crippen LogP contribution in [-0.4, -0.2) is 62.0 Å². The molecule has 0 unspecified atom stereocenters. The van der Waals surface area contributed by atoms with Gasteiger partial charge in [0.05, 0.1) is 0 Å². The van der Waals surface area contributed by atoms with E-state index in [1.807, 2.05) is 26.0 Å². The second-order valence-electron chi connectivity index (χ2n) is 5.72. The quantitative estimate of drug-likeness (QED) is 0.899. The van der Waals surface area contributed by atoms with Crippen molar-refractivity contribution in [1.82, 2.24) is 15.1 Å². The van der Waals surface area contributed by atoms with Gasteiger partial charge in [-0.15, -0.1) is 0 Å². The standard InChI is InChI=1S/C16H25N3O/c1-13-4-5-15(14(2)12-13)16(20)17-6-7-19-10-8-18(3)9-11-19/h4-5,12H,6-11H2,1-3H3,(H,17,20). The summed E-state index contributed by atoms with van der Waals surface area (Å²) in [5.74, 6) is 0.0385. The van der Waals surface area contributed by atoms with E-state index in [0.29, 0.717) is 0 Å². The molecule has 1 aliphatic heterocycles. The Morgan fingerprint density at radius 2 is 1.90 bits per heavy atom. The summed E-state index contributed by atoms with van der Waals surface area (Å²) in [6.45, 7) is 10.1. The molecule has 4 nitrogen and oxygen atoms in total. The Bertz CT molecular complexity index is 465. The van der Waals surface area contributed by atoms with Crippen LogP contribution in [0.3, 0.4) is 0 Å². The van der Waals surface area contributed by atoms with Gasteiger partial charge in [0.15, 0.2) is 0 Å². The Kier molecular flexibility index (Phi) is 5.15. The molecule has 1 amide bonds. The van der Waals surface area contributed by atoms with Gasteiger partial charge in [-0.25, -0.2) is 0 Å². The van der Waals surface area contributed by atoms with Crippen molar-refractivity contribution in [2.45, 2.75) is 13.8 Å². The molecule has 0 saturated carbocycles. The van der Waals surface area contributed by atoms with Gasteiger partial charge in [-0.05, 0) is 32.5 Å². The molecule has 1 saturated heterocycles. The molecule has 0 aromatic heterocycles. The van der Waals surface area contributed by atoms with Gasteiger partial charge in [0.25, 0.3) is 5.91 Å². The van der Waals surface area contributed by atoms with E-state index in [0.717, 1.165) is 50.4 Å². The van der Waals surface area contributed by atoms with Crippen LogP contribution in [0.25, 0.3) is 0 Å². The Morgan fingerprint density at radius 1 is 1.20 bits per heavy atom. The lowest BCUT2D eigenvalue weighted by Gasteiger charge is -2.32.